The Kier molecular flexibility index (Phi) is 15.6. The molecule has 7 nitrogen and oxygen atoms in total. The Morgan fingerprint density at radius 3 is 2.44 bits per heavy atom. The molecule has 0 bridgehead atoms. The largest absolute Gasteiger partial charge is 1.00 e. The number of hydrogen-bond donors (Lipinski definition) is 1. The molecule has 1 amide bonds. The number of benzene rings is 1. The number of carbonyl (C=O) groups excluding carboxylic acids is 3. The molecule has 0 atom stereocenters. The Morgan fingerprint density at radius 2 is 1.81 bits per heavy atom. The van der Waals surface area contributed by atoms with Crippen LogP contribution >= 0.6 is 0 Å². The molecule has 1 aromatic carbocycles. The van der Waals surface area contributed by atoms with Gasteiger partial charge in [0.2, 0.25) is 0 Å². The number of hydrogen-bond acceptors (Lipinski definition) is 6. The summed E-state index contributed by atoms with van der Waals surface area (Å²) in [6, 6.07) is 7.43. The Labute approximate surface area is 209 Å². The molecule has 0 fully saturated rings. The minimum atomic E-state index is -0.340. The van der Waals surface area contributed by atoms with Crippen LogP contribution in [-0.2, 0) is 36.8 Å². The van der Waals surface area contributed by atoms with Crippen LogP contribution in [0.3, 0.4) is 0 Å². The molecule has 0 radical (unpaired) electrons. The van der Waals surface area contributed by atoms with E-state index >= 15 is 0 Å². The van der Waals surface area contributed by atoms with Crippen LogP contribution in [0, 0.1) is 0 Å². The van der Waals surface area contributed by atoms with Crippen molar-refractivity contribution in [1.82, 2.24) is 5.32 Å². The molecular formula is C19H25N2O5Rb. The van der Waals surface area contributed by atoms with Crippen LogP contribution in [-0.4, -0.2) is 45.0 Å². The first-order valence-corrected chi connectivity index (χ1v) is 8.35. The molecule has 8 heteroatoms. The molecule has 0 heterocycles. The van der Waals surface area contributed by atoms with Gasteiger partial charge >= 0.3 is 58.2 Å². The van der Waals surface area contributed by atoms with Gasteiger partial charge in [0, 0.05) is 31.7 Å². The van der Waals surface area contributed by atoms with Gasteiger partial charge in [-0.1, -0.05) is 29.8 Å². The van der Waals surface area contributed by atoms with Gasteiger partial charge in [0.25, 0.3) is 6.47 Å². The molecule has 0 saturated carbocycles. The van der Waals surface area contributed by atoms with Crippen LogP contribution in [0.1, 0.15) is 24.5 Å². The van der Waals surface area contributed by atoms with Crippen molar-refractivity contribution in [3.05, 3.63) is 52.5 Å². The summed E-state index contributed by atoms with van der Waals surface area (Å²) in [5.41, 5.74) is 2.62. The molecule has 1 aromatic rings. The van der Waals surface area contributed by atoms with E-state index in [1.807, 2.05) is 31.2 Å². The van der Waals surface area contributed by atoms with Crippen LogP contribution in [0.15, 0.2) is 36.0 Å². The number of carbonyl (C=O) groups is 3. The third-order valence-electron chi connectivity index (χ3n) is 3.46. The molecule has 1 rings (SSSR count). The average molecular weight is 447 g/mol. The molecule has 0 spiro atoms. The second-order valence-corrected chi connectivity index (χ2v) is 5.62. The van der Waals surface area contributed by atoms with Crippen LogP contribution in [0.5, 0.6) is 0 Å². The van der Waals surface area contributed by atoms with Crippen molar-refractivity contribution >= 4 is 18.2 Å². The maximum absolute atomic E-state index is 11.8. The molecule has 0 saturated heterocycles. The minimum Gasteiger partial charge on any atom is -0.648 e. The third kappa shape index (κ3) is 13.0. The topological polar surface area (TPSA) is 95.8 Å². The van der Waals surface area contributed by atoms with E-state index in [2.05, 4.69) is 15.4 Å². The quantitative estimate of drug-likeness (QED) is 0.235. The number of amides is 1. The zero-order valence-corrected chi connectivity index (χ0v) is 21.1. The summed E-state index contributed by atoms with van der Waals surface area (Å²) in [7, 11) is 1.77. The standard InChI is InChI=1S/C19H26N2O5.Rb/c1-15(20-2)10-18(23)11-16-4-6-17(7-5-16)12-21-19(24)13-25-8-3-9-26-14-22;/h4-7,10,14H,3,8-9,11-13H2,1-2H3,(H2,20,21,23,24);/q;+1/p-1. The summed E-state index contributed by atoms with van der Waals surface area (Å²) in [4.78, 5) is 33.4. The van der Waals surface area contributed by atoms with Gasteiger partial charge in [0.05, 0.1) is 25.7 Å². The van der Waals surface area contributed by atoms with E-state index in [-0.39, 0.29) is 89.6 Å². The summed E-state index contributed by atoms with van der Waals surface area (Å²) in [5, 5.41) is 6.84. The van der Waals surface area contributed by atoms with E-state index in [0.29, 0.717) is 25.9 Å². The van der Waals surface area contributed by atoms with Crippen molar-refractivity contribution in [1.29, 1.82) is 0 Å². The van der Waals surface area contributed by atoms with Gasteiger partial charge in [-0.25, -0.2) is 0 Å². The zero-order chi connectivity index (χ0) is 19.2. The summed E-state index contributed by atoms with van der Waals surface area (Å²) >= 11 is 0. The van der Waals surface area contributed by atoms with Gasteiger partial charge in [0.1, 0.15) is 0 Å². The van der Waals surface area contributed by atoms with Gasteiger partial charge in [0.15, 0.2) is 5.78 Å². The van der Waals surface area contributed by atoms with Gasteiger partial charge in [-0.3, -0.25) is 9.59 Å². The molecular weight excluding hydrogens is 422 g/mol. The van der Waals surface area contributed by atoms with Gasteiger partial charge in [-0.05, 0) is 12.5 Å². The molecule has 0 aliphatic carbocycles. The SMILES string of the molecule is CN/C(C)=C\C(=O)Cc1ccc(C[N-]C(=O)COCCCOC=O)cc1.[Rb+]. The Morgan fingerprint density at radius 1 is 1.15 bits per heavy atom. The molecule has 1 N–H and O–H groups in total. The first-order valence-electron chi connectivity index (χ1n) is 8.35. The molecule has 0 aliphatic rings. The van der Waals surface area contributed by atoms with Crippen LogP contribution in [0.4, 0.5) is 0 Å². The van der Waals surface area contributed by atoms with Crippen LogP contribution in [0.2, 0.25) is 0 Å². The second kappa shape index (κ2) is 16.1. The van der Waals surface area contributed by atoms with Gasteiger partial charge < -0.3 is 24.9 Å². The molecule has 142 valence electrons. The van der Waals surface area contributed by atoms with Crippen molar-refractivity contribution in [3.63, 3.8) is 0 Å². The van der Waals surface area contributed by atoms with Crippen molar-refractivity contribution < 1.29 is 82.0 Å². The maximum Gasteiger partial charge on any atom is 1.00 e. The Hall–Kier alpha value is -0.865. The molecule has 27 heavy (non-hydrogen) atoms. The Balaban J connectivity index is 0.00000676. The van der Waals surface area contributed by atoms with Crippen molar-refractivity contribution in [2.24, 2.45) is 0 Å². The van der Waals surface area contributed by atoms with E-state index in [4.69, 9.17) is 4.74 Å². The Bertz CT molecular complexity index is 617. The fraction of sp³-hybridized carbons (Fsp3) is 0.421. The summed E-state index contributed by atoms with van der Waals surface area (Å²) in [6.45, 7) is 2.99. The number of ether oxygens (including phenoxy) is 2. The van der Waals surface area contributed by atoms with Crippen molar-refractivity contribution in [3.8, 4) is 0 Å². The molecule has 0 aromatic heterocycles. The second-order valence-electron chi connectivity index (χ2n) is 5.62. The first kappa shape index (κ1) is 26.1. The first-order chi connectivity index (χ1) is 12.5. The normalized spacial score (nSPS) is 10.5. The van der Waals surface area contributed by atoms with Crippen molar-refractivity contribution in [2.45, 2.75) is 26.3 Å². The summed E-state index contributed by atoms with van der Waals surface area (Å²) < 4.78 is 9.65. The van der Waals surface area contributed by atoms with Crippen LogP contribution < -0.4 is 63.5 Å². The number of nitrogens with zero attached hydrogens (tertiary/aromatic N) is 1. The number of allylic oxidation sites excluding steroid dienone is 2. The number of rotatable bonds is 13. The van der Waals surface area contributed by atoms with Crippen molar-refractivity contribution in [2.75, 3.05) is 26.9 Å². The smallest absolute Gasteiger partial charge is 0.648 e. The van der Waals surface area contributed by atoms with E-state index in [0.717, 1.165) is 16.8 Å². The number of ketones is 1. The van der Waals surface area contributed by atoms with E-state index in [9.17, 15) is 14.4 Å². The third-order valence-corrected chi connectivity index (χ3v) is 3.46. The fourth-order valence-corrected chi connectivity index (χ4v) is 2.01. The molecule has 0 unspecified atom stereocenters. The predicted octanol–water partition coefficient (Wildman–Crippen LogP) is -1.09. The predicted molar refractivity (Wildman–Crippen MR) is 97.5 cm³/mol. The van der Waals surface area contributed by atoms with E-state index < -0.39 is 0 Å². The minimum absolute atomic E-state index is 0. The van der Waals surface area contributed by atoms with Gasteiger partial charge in [-0.2, -0.15) is 0 Å². The van der Waals surface area contributed by atoms with E-state index in [1.54, 1.807) is 13.1 Å². The fourth-order valence-electron chi connectivity index (χ4n) is 2.01. The molecule has 0 aliphatic heterocycles. The zero-order valence-electron chi connectivity index (χ0n) is 16.2. The summed E-state index contributed by atoms with van der Waals surface area (Å²) in [5.74, 6) is -0.312. The monoisotopic (exact) mass is 446 g/mol. The summed E-state index contributed by atoms with van der Waals surface area (Å²) in [6.07, 6.45) is 2.44. The van der Waals surface area contributed by atoms with Crippen LogP contribution in [0.25, 0.3) is 5.32 Å². The van der Waals surface area contributed by atoms with E-state index in [1.165, 1.54) is 0 Å². The average Bonchev–Trinajstić information content (AvgIpc) is 2.63. The maximum atomic E-state index is 11.8. The van der Waals surface area contributed by atoms with Gasteiger partial charge in [-0.15, -0.1) is 6.54 Å². The number of nitrogens with one attached hydrogen (secondary N) is 1.